The van der Waals surface area contributed by atoms with E-state index in [-0.39, 0.29) is 22.3 Å². The number of aryl methyl sites for hydroxylation is 2. The van der Waals surface area contributed by atoms with Crippen molar-refractivity contribution in [3.8, 4) is 11.5 Å². The molecule has 0 bridgehead atoms. The predicted octanol–water partition coefficient (Wildman–Crippen LogP) is 6.26. The number of hydrogen-bond acceptors (Lipinski definition) is 5. The van der Waals surface area contributed by atoms with Crippen molar-refractivity contribution >= 4 is 22.6 Å². The van der Waals surface area contributed by atoms with Gasteiger partial charge in [0.1, 0.15) is 18.0 Å². The van der Waals surface area contributed by atoms with Gasteiger partial charge in [0.2, 0.25) is 5.76 Å². The van der Waals surface area contributed by atoms with Crippen LogP contribution in [-0.4, -0.2) is 19.1 Å². The van der Waals surface area contributed by atoms with Crippen LogP contribution in [0.15, 0.2) is 76.5 Å². The molecule has 1 aliphatic heterocycles. The maximum Gasteiger partial charge on any atom is 0.295 e. The number of carbonyl (C=O) groups is 1. The van der Waals surface area contributed by atoms with E-state index in [0.29, 0.717) is 36.0 Å². The Kier molecular flexibility index (Phi) is 6.29. The molecule has 5 rings (SSSR count). The van der Waals surface area contributed by atoms with E-state index in [2.05, 4.69) is 6.58 Å². The largest absolute Gasteiger partial charge is 0.490 e. The molecular formula is C30H26FNO5. The van der Waals surface area contributed by atoms with Gasteiger partial charge in [-0.2, -0.15) is 0 Å². The fourth-order valence-corrected chi connectivity index (χ4v) is 4.63. The smallest absolute Gasteiger partial charge is 0.295 e. The number of benzene rings is 3. The molecule has 188 valence electrons. The fourth-order valence-electron chi connectivity index (χ4n) is 4.63. The Morgan fingerprint density at radius 3 is 2.54 bits per heavy atom. The minimum absolute atomic E-state index is 0.0581. The van der Waals surface area contributed by atoms with Gasteiger partial charge in [-0.15, -0.1) is 0 Å². The molecule has 0 saturated heterocycles. The topological polar surface area (TPSA) is 69.0 Å². The Bertz CT molecular complexity index is 1610. The SMILES string of the molecule is C=CCOc1ccc(C2c3c(oc4ccc(F)cc4c3=O)C(=O)N2c2ccc(C)c(C)c2)cc1OCC. The lowest BCUT2D eigenvalue weighted by Crippen LogP contribution is -2.29. The second-order valence-electron chi connectivity index (χ2n) is 8.90. The van der Waals surface area contributed by atoms with E-state index in [4.69, 9.17) is 13.9 Å². The Labute approximate surface area is 213 Å². The minimum Gasteiger partial charge on any atom is -0.490 e. The summed E-state index contributed by atoms with van der Waals surface area (Å²) in [5.74, 6) is -0.0813. The standard InChI is InChI=1S/C30H26FNO5/c1-5-13-36-24-11-8-19(15-25(24)35-6-2)27-26-28(33)22-16-20(31)9-12-23(22)37-29(26)30(34)32(27)21-10-7-17(3)18(4)14-21/h5,7-12,14-16,27H,1,6,13H2,2-4H3. The maximum atomic E-state index is 14.1. The van der Waals surface area contributed by atoms with Gasteiger partial charge < -0.3 is 13.9 Å². The average molecular weight is 500 g/mol. The van der Waals surface area contributed by atoms with E-state index in [1.807, 2.05) is 39.0 Å². The second kappa shape index (κ2) is 9.58. The molecule has 2 heterocycles. The van der Waals surface area contributed by atoms with Gasteiger partial charge in [0.25, 0.3) is 5.91 Å². The minimum atomic E-state index is -0.818. The summed E-state index contributed by atoms with van der Waals surface area (Å²) >= 11 is 0. The number of anilines is 1. The molecule has 0 saturated carbocycles. The van der Waals surface area contributed by atoms with E-state index >= 15 is 0 Å². The number of ether oxygens (including phenoxy) is 2. The van der Waals surface area contributed by atoms with Gasteiger partial charge in [0.15, 0.2) is 16.9 Å². The van der Waals surface area contributed by atoms with E-state index in [9.17, 15) is 14.0 Å². The zero-order chi connectivity index (χ0) is 26.3. The van der Waals surface area contributed by atoms with Crippen molar-refractivity contribution in [2.24, 2.45) is 0 Å². The van der Waals surface area contributed by atoms with E-state index in [1.165, 1.54) is 12.1 Å². The molecule has 0 radical (unpaired) electrons. The van der Waals surface area contributed by atoms with Gasteiger partial charge in [-0.05, 0) is 79.9 Å². The number of hydrogen-bond donors (Lipinski definition) is 0. The molecule has 1 aliphatic rings. The number of fused-ring (bicyclic) bond motifs is 2. The number of carbonyl (C=O) groups excluding carboxylic acids is 1. The summed E-state index contributed by atoms with van der Waals surface area (Å²) in [6, 6.07) is 13.9. The van der Waals surface area contributed by atoms with Crippen LogP contribution in [0.5, 0.6) is 11.5 Å². The van der Waals surface area contributed by atoms with Crippen molar-refractivity contribution in [1.82, 2.24) is 0 Å². The van der Waals surface area contributed by atoms with Crippen LogP contribution in [0.3, 0.4) is 0 Å². The molecular weight excluding hydrogens is 473 g/mol. The number of rotatable bonds is 7. The monoisotopic (exact) mass is 499 g/mol. The number of amides is 1. The molecule has 6 nitrogen and oxygen atoms in total. The lowest BCUT2D eigenvalue weighted by atomic mass is 9.97. The number of nitrogens with zero attached hydrogens (tertiary/aromatic N) is 1. The van der Waals surface area contributed by atoms with Crippen LogP contribution < -0.4 is 19.8 Å². The van der Waals surface area contributed by atoms with Crippen molar-refractivity contribution in [2.75, 3.05) is 18.1 Å². The molecule has 1 atom stereocenters. The van der Waals surface area contributed by atoms with Crippen LogP contribution in [0.2, 0.25) is 0 Å². The van der Waals surface area contributed by atoms with Gasteiger partial charge in [0, 0.05) is 5.69 Å². The van der Waals surface area contributed by atoms with Crippen molar-refractivity contribution in [1.29, 1.82) is 0 Å². The number of halogens is 1. The van der Waals surface area contributed by atoms with Crippen LogP contribution in [0, 0.1) is 19.7 Å². The van der Waals surface area contributed by atoms with Crippen molar-refractivity contribution < 1.29 is 23.1 Å². The van der Waals surface area contributed by atoms with E-state index in [0.717, 1.165) is 17.2 Å². The molecule has 37 heavy (non-hydrogen) atoms. The summed E-state index contributed by atoms with van der Waals surface area (Å²) in [6.07, 6.45) is 1.63. The first kappa shape index (κ1) is 24.3. The molecule has 0 N–H and O–H groups in total. The van der Waals surface area contributed by atoms with Crippen LogP contribution >= 0.6 is 0 Å². The lowest BCUT2D eigenvalue weighted by Gasteiger charge is -2.26. The first-order valence-electron chi connectivity index (χ1n) is 12.0. The first-order chi connectivity index (χ1) is 17.8. The summed E-state index contributed by atoms with van der Waals surface area (Å²) < 4.78 is 31.6. The summed E-state index contributed by atoms with van der Waals surface area (Å²) in [4.78, 5) is 29.1. The second-order valence-corrected chi connectivity index (χ2v) is 8.90. The van der Waals surface area contributed by atoms with Gasteiger partial charge in [-0.3, -0.25) is 14.5 Å². The first-order valence-corrected chi connectivity index (χ1v) is 12.0. The molecule has 1 amide bonds. The Morgan fingerprint density at radius 2 is 1.81 bits per heavy atom. The molecule has 1 unspecified atom stereocenters. The quantitative estimate of drug-likeness (QED) is 0.281. The third-order valence-corrected chi connectivity index (χ3v) is 6.54. The highest BCUT2D eigenvalue weighted by Crippen LogP contribution is 2.43. The summed E-state index contributed by atoms with van der Waals surface area (Å²) in [5, 5.41) is 0.0782. The molecule has 1 aromatic heterocycles. The van der Waals surface area contributed by atoms with Crippen LogP contribution in [0.4, 0.5) is 10.1 Å². The maximum absolute atomic E-state index is 14.1. The normalized spacial score (nSPS) is 14.6. The highest BCUT2D eigenvalue weighted by Gasteiger charge is 2.44. The Morgan fingerprint density at radius 1 is 1.00 bits per heavy atom. The van der Waals surface area contributed by atoms with Gasteiger partial charge in [0.05, 0.1) is 23.6 Å². The zero-order valence-electron chi connectivity index (χ0n) is 20.8. The van der Waals surface area contributed by atoms with Crippen LogP contribution in [0.25, 0.3) is 11.0 Å². The third kappa shape index (κ3) is 4.16. The Balaban J connectivity index is 1.77. The highest BCUT2D eigenvalue weighted by atomic mass is 19.1. The Hall–Kier alpha value is -4.39. The van der Waals surface area contributed by atoms with Crippen LogP contribution in [-0.2, 0) is 0 Å². The van der Waals surface area contributed by atoms with Gasteiger partial charge in [-0.1, -0.05) is 24.8 Å². The summed E-state index contributed by atoms with van der Waals surface area (Å²) in [6.45, 7) is 10.2. The summed E-state index contributed by atoms with van der Waals surface area (Å²) in [7, 11) is 0. The molecule has 0 spiro atoms. The van der Waals surface area contributed by atoms with Gasteiger partial charge in [-0.25, -0.2) is 4.39 Å². The van der Waals surface area contributed by atoms with Crippen molar-refractivity contribution in [3.05, 3.63) is 111 Å². The molecule has 0 fully saturated rings. The highest BCUT2D eigenvalue weighted by molar-refractivity contribution is 6.10. The van der Waals surface area contributed by atoms with E-state index in [1.54, 1.807) is 29.2 Å². The predicted molar refractivity (Wildman–Crippen MR) is 140 cm³/mol. The lowest BCUT2D eigenvalue weighted by molar-refractivity contribution is 0.0971. The van der Waals surface area contributed by atoms with Crippen LogP contribution in [0.1, 0.15) is 45.8 Å². The van der Waals surface area contributed by atoms with Gasteiger partial charge >= 0.3 is 0 Å². The molecule has 4 aromatic rings. The van der Waals surface area contributed by atoms with E-state index < -0.39 is 23.2 Å². The molecule has 7 heteroatoms. The summed E-state index contributed by atoms with van der Waals surface area (Å²) in [5.41, 5.74) is 3.17. The third-order valence-electron chi connectivity index (χ3n) is 6.54. The fraction of sp³-hybridized carbons (Fsp3) is 0.200. The zero-order valence-corrected chi connectivity index (χ0v) is 20.8. The molecule has 0 aliphatic carbocycles. The van der Waals surface area contributed by atoms with Crippen molar-refractivity contribution in [3.63, 3.8) is 0 Å². The molecule has 3 aromatic carbocycles. The average Bonchev–Trinajstić information content (AvgIpc) is 3.18. The van der Waals surface area contributed by atoms with Crippen molar-refractivity contribution in [2.45, 2.75) is 26.8 Å².